The second-order valence-electron chi connectivity index (χ2n) is 6.33. The van der Waals surface area contributed by atoms with E-state index < -0.39 is 0 Å². The zero-order valence-electron chi connectivity index (χ0n) is 14.1. The summed E-state index contributed by atoms with van der Waals surface area (Å²) in [6.07, 6.45) is 1.03. The molecule has 0 aromatic heterocycles. The average molecular weight is 387 g/mol. The predicted molar refractivity (Wildman–Crippen MR) is 103 cm³/mol. The number of benzene rings is 2. The molecule has 0 atom stereocenters. The molecule has 24 heavy (non-hydrogen) atoms. The third kappa shape index (κ3) is 5.29. The van der Waals surface area contributed by atoms with Crippen molar-refractivity contribution in [2.75, 3.05) is 0 Å². The fourth-order valence-corrected chi connectivity index (χ4v) is 2.81. The molecule has 0 aliphatic carbocycles. The van der Waals surface area contributed by atoms with Gasteiger partial charge < -0.3 is 10.1 Å². The lowest BCUT2D eigenvalue weighted by Crippen LogP contribution is -2.37. The lowest BCUT2D eigenvalue weighted by Gasteiger charge is -2.25. The first kappa shape index (κ1) is 19.4. The predicted octanol–water partition coefficient (Wildman–Crippen LogP) is 6.50. The Hall–Kier alpha value is -0.930. The van der Waals surface area contributed by atoms with Gasteiger partial charge in [0.05, 0.1) is 0 Å². The Morgan fingerprint density at radius 3 is 2.33 bits per heavy atom. The molecule has 1 N–H and O–H groups in total. The van der Waals surface area contributed by atoms with Gasteiger partial charge in [-0.15, -0.1) is 0 Å². The molecule has 2 aromatic carbocycles. The number of hydrogen-bond acceptors (Lipinski definition) is 2. The van der Waals surface area contributed by atoms with Gasteiger partial charge in [0.1, 0.15) is 12.4 Å². The Morgan fingerprint density at radius 1 is 1.04 bits per heavy atom. The standard InChI is InChI=1S/C19H22Cl3NO/c1-4-19(2,3)23-11-13-10-14(20)8-9-18(13)24-12-15-16(21)6-5-7-17(15)22/h5-10,23H,4,11-12H2,1-3H3. The van der Waals surface area contributed by atoms with E-state index in [4.69, 9.17) is 39.5 Å². The van der Waals surface area contributed by atoms with Crippen LogP contribution in [0.2, 0.25) is 15.1 Å². The number of halogens is 3. The van der Waals surface area contributed by atoms with Crippen LogP contribution in [0.3, 0.4) is 0 Å². The summed E-state index contributed by atoms with van der Waals surface area (Å²) in [4.78, 5) is 0. The monoisotopic (exact) mass is 385 g/mol. The highest BCUT2D eigenvalue weighted by Crippen LogP contribution is 2.28. The quantitative estimate of drug-likeness (QED) is 0.586. The zero-order valence-corrected chi connectivity index (χ0v) is 16.4. The Morgan fingerprint density at radius 2 is 1.71 bits per heavy atom. The normalized spacial score (nSPS) is 11.6. The van der Waals surface area contributed by atoms with Gasteiger partial charge in [-0.25, -0.2) is 0 Å². The first-order chi connectivity index (χ1) is 11.3. The van der Waals surface area contributed by atoms with E-state index in [9.17, 15) is 0 Å². The van der Waals surface area contributed by atoms with Crippen LogP contribution in [0.5, 0.6) is 5.75 Å². The van der Waals surface area contributed by atoms with Crippen molar-refractivity contribution in [1.29, 1.82) is 0 Å². The number of ether oxygens (including phenoxy) is 1. The van der Waals surface area contributed by atoms with E-state index in [0.29, 0.717) is 28.2 Å². The van der Waals surface area contributed by atoms with E-state index in [1.54, 1.807) is 12.1 Å². The molecule has 0 radical (unpaired) electrons. The minimum absolute atomic E-state index is 0.0473. The third-order valence-electron chi connectivity index (χ3n) is 4.10. The summed E-state index contributed by atoms with van der Waals surface area (Å²) < 4.78 is 5.97. The molecule has 2 rings (SSSR count). The summed E-state index contributed by atoms with van der Waals surface area (Å²) in [5, 5.41) is 5.41. The van der Waals surface area contributed by atoms with E-state index in [0.717, 1.165) is 23.3 Å². The minimum atomic E-state index is 0.0473. The van der Waals surface area contributed by atoms with E-state index in [2.05, 4.69) is 26.1 Å². The summed E-state index contributed by atoms with van der Waals surface area (Å²) in [5.41, 5.74) is 1.84. The van der Waals surface area contributed by atoms with Gasteiger partial charge in [-0.3, -0.25) is 0 Å². The third-order valence-corrected chi connectivity index (χ3v) is 5.04. The van der Waals surface area contributed by atoms with Crippen molar-refractivity contribution < 1.29 is 4.74 Å². The van der Waals surface area contributed by atoms with Crippen molar-refractivity contribution in [3.05, 3.63) is 62.6 Å². The molecule has 0 saturated carbocycles. The van der Waals surface area contributed by atoms with E-state index >= 15 is 0 Å². The van der Waals surface area contributed by atoms with Crippen LogP contribution < -0.4 is 10.1 Å². The van der Waals surface area contributed by atoms with E-state index in [-0.39, 0.29) is 5.54 Å². The van der Waals surface area contributed by atoms with Gasteiger partial charge in [0.2, 0.25) is 0 Å². The van der Waals surface area contributed by atoms with Crippen molar-refractivity contribution in [1.82, 2.24) is 5.32 Å². The molecule has 2 nitrogen and oxygen atoms in total. The van der Waals surface area contributed by atoms with Crippen LogP contribution in [0.1, 0.15) is 38.3 Å². The van der Waals surface area contributed by atoms with Crippen molar-refractivity contribution in [3.8, 4) is 5.75 Å². The number of hydrogen-bond donors (Lipinski definition) is 1. The average Bonchev–Trinajstić information content (AvgIpc) is 2.54. The Balaban J connectivity index is 2.15. The van der Waals surface area contributed by atoms with Crippen molar-refractivity contribution in [2.24, 2.45) is 0 Å². The van der Waals surface area contributed by atoms with Crippen molar-refractivity contribution in [3.63, 3.8) is 0 Å². The summed E-state index contributed by atoms with van der Waals surface area (Å²) >= 11 is 18.5. The Labute approximate surface area is 159 Å². The van der Waals surface area contributed by atoms with Crippen LogP contribution in [0, 0.1) is 0 Å². The van der Waals surface area contributed by atoms with Crippen LogP contribution in [0.25, 0.3) is 0 Å². The molecule has 5 heteroatoms. The smallest absolute Gasteiger partial charge is 0.124 e. The molecule has 130 valence electrons. The molecule has 0 aliphatic heterocycles. The maximum absolute atomic E-state index is 6.20. The van der Waals surface area contributed by atoms with Gasteiger partial charge >= 0.3 is 0 Å². The van der Waals surface area contributed by atoms with Gasteiger partial charge in [-0.1, -0.05) is 47.8 Å². The molecule has 0 spiro atoms. The van der Waals surface area contributed by atoms with E-state index in [1.165, 1.54) is 0 Å². The molecule has 0 unspecified atom stereocenters. The van der Waals surface area contributed by atoms with E-state index in [1.807, 2.05) is 24.3 Å². The van der Waals surface area contributed by atoms with Gasteiger partial charge in [0.15, 0.2) is 0 Å². The molecule has 0 aliphatic rings. The second-order valence-corrected chi connectivity index (χ2v) is 7.58. The zero-order chi connectivity index (χ0) is 17.7. The molecule has 0 heterocycles. The molecule has 0 amide bonds. The highest BCUT2D eigenvalue weighted by atomic mass is 35.5. The molecule has 0 bridgehead atoms. The molecule has 0 fully saturated rings. The number of nitrogens with one attached hydrogen (secondary N) is 1. The van der Waals surface area contributed by atoms with Gasteiger partial charge in [0.25, 0.3) is 0 Å². The van der Waals surface area contributed by atoms with Crippen LogP contribution in [-0.4, -0.2) is 5.54 Å². The fraction of sp³-hybridized carbons (Fsp3) is 0.368. The van der Waals surface area contributed by atoms with Gasteiger partial charge in [-0.05, 0) is 50.6 Å². The molecular weight excluding hydrogens is 365 g/mol. The lowest BCUT2D eigenvalue weighted by atomic mass is 10.0. The summed E-state index contributed by atoms with van der Waals surface area (Å²) in [5.74, 6) is 0.773. The van der Waals surface area contributed by atoms with Crippen molar-refractivity contribution >= 4 is 34.8 Å². The summed E-state index contributed by atoms with van der Waals surface area (Å²) in [6.45, 7) is 7.47. The molecule has 0 saturated heterocycles. The fourth-order valence-electron chi connectivity index (χ4n) is 2.11. The molecule has 2 aromatic rings. The highest BCUT2D eigenvalue weighted by Gasteiger charge is 2.15. The highest BCUT2D eigenvalue weighted by molar-refractivity contribution is 6.36. The van der Waals surface area contributed by atoms with Crippen LogP contribution >= 0.6 is 34.8 Å². The first-order valence-electron chi connectivity index (χ1n) is 7.91. The largest absolute Gasteiger partial charge is 0.488 e. The lowest BCUT2D eigenvalue weighted by molar-refractivity contribution is 0.299. The summed E-state index contributed by atoms with van der Waals surface area (Å²) in [6, 6.07) is 11.0. The summed E-state index contributed by atoms with van der Waals surface area (Å²) in [7, 11) is 0. The Kier molecular flexibility index (Phi) is 6.82. The second kappa shape index (κ2) is 8.44. The van der Waals surface area contributed by atoms with Crippen LogP contribution in [0.15, 0.2) is 36.4 Å². The topological polar surface area (TPSA) is 21.3 Å². The minimum Gasteiger partial charge on any atom is -0.488 e. The van der Waals surface area contributed by atoms with Crippen LogP contribution in [0.4, 0.5) is 0 Å². The van der Waals surface area contributed by atoms with Crippen molar-refractivity contribution in [2.45, 2.75) is 45.9 Å². The first-order valence-corrected chi connectivity index (χ1v) is 9.05. The maximum Gasteiger partial charge on any atom is 0.124 e. The van der Waals surface area contributed by atoms with Gasteiger partial charge in [-0.2, -0.15) is 0 Å². The van der Waals surface area contributed by atoms with Gasteiger partial charge in [0, 0.05) is 38.3 Å². The maximum atomic E-state index is 6.20. The number of rotatable bonds is 7. The Bertz CT molecular complexity index is 681. The van der Waals surface area contributed by atoms with Crippen LogP contribution in [-0.2, 0) is 13.2 Å². The SMILES string of the molecule is CCC(C)(C)NCc1cc(Cl)ccc1OCc1c(Cl)cccc1Cl. The molecular formula is C19H22Cl3NO.